The Bertz CT molecular complexity index is 1300. The summed E-state index contributed by atoms with van der Waals surface area (Å²) >= 11 is 0. The number of hydrogen-bond donors (Lipinski definition) is 0. The SMILES string of the molecule is CC(=O)N1CCN(c2ccc(C(=O)N(Cc3ccccn3)c3ccc(F)cc3F)cc2[N+](=O)[O-])CC1. The predicted octanol–water partition coefficient (Wildman–Crippen LogP) is 3.78. The fourth-order valence-electron chi connectivity index (χ4n) is 4.11. The molecule has 186 valence electrons. The Morgan fingerprint density at radius 3 is 2.42 bits per heavy atom. The molecule has 1 saturated heterocycles. The van der Waals surface area contributed by atoms with Gasteiger partial charge in [0.05, 0.1) is 22.8 Å². The molecule has 0 spiro atoms. The van der Waals surface area contributed by atoms with Gasteiger partial charge in [-0.15, -0.1) is 0 Å². The Kier molecular flexibility index (Phi) is 7.18. The van der Waals surface area contributed by atoms with E-state index in [-0.39, 0.29) is 29.4 Å². The Balaban J connectivity index is 1.68. The second-order valence-corrected chi connectivity index (χ2v) is 8.26. The van der Waals surface area contributed by atoms with E-state index in [9.17, 15) is 28.5 Å². The highest BCUT2D eigenvalue weighted by molar-refractivity contribution is 6.06. The molecule has 0 bridgehead atoms. The minimum atomic E-state index is -0.950. The van der Waals surface area contributed by atoms with Gasteiger partial charge in [0.2, 0.25) is 5.91 Å². The number of amides is 2. The molecule has 2 amide bonds. The van der Waals surface area contributed by atoms with Gasteiger partial charge in [-0.05, 0) is 36.4 Å². The third-order valence-corrected chi connectivity index (χ3v) is 5.98. The second-order valence-electron chi connectivity index (χ2n) is 8.26. The van der Waals surface area contributed by atoms with Gasteiger partial charge >= 0.3 is 0 Å². The van der Waals surface area contributed by atoms with E-state index in [0.717, 1.165) is 23.1 Å². The number of pyridine rings is 1. The molecule has 3 aromatic rings. The molecule has 0 saturated carbocycles. The minimum absolute atomic E-state index is 0.0347. The van der Waals surface area contributed by atoms with Crippen molar-refractivity contribution in [3.63, 3.8) is 0 Å². The number of halogens is 2. The second kappa shape index (κ2) is 10.5. The zero-order valence-corrected chi connectivity index (χ0v) is 19.4. The lowest BCUT2D eigenvalue weighted by Gasteiger charge is -2.35. The molecular formula is C25H23F2N5O4. The molecule has 11 heteroatoms. The number of nitrogens with zero attached hydrogens (tertiary/aromatic N) is 5. The molecule has 9 nitrogen and oxygen atoms in total. The largest absolute Gasteiger partial charge is 0.362 e. The molecule has 4 rings (SSSR count). The molecule has 1 aliphatic heterocycles. The van der Waals surface area contributed by atoms with E-state index < -0.39 is 22.5 Å². The van der Waals surface area contributed by atoms with Crippen LogP contribution in [0.2, 0.25) is 0 Å². The molecule has 36 heavy (non-hydrogen) atoms. The van der Waals surface area contributed by atoms with Crippen LogP contribution in [0.3, 0.4) is 0 Å². The first-order chi connectivity index (χ1) is 17.2. The van der Waals surface area contributed by atoms with Gasteiger partial charge in [-0.2, -0.15) is 0 Å². The van der Waals surface area contributed by atoms with E-state index in [2.05, 4.69) is 4.98 Å². The van der Waals surface area contributed by atoms with E-state index in [0.29, 0.717) is 43.6 Å². The number of piperazine rings is 1. The van der Waals surface area contributed by atoms with Crippen molar-refractivity contribution in [2.45, 2.75) is 13.5 Å². The molecule has 1 aromatic heterocycles. The number of benzene rings is 2. The van der Waals surface area contributed by atoms with Gasteiger partial charge in [-0.1, -0.05) is 6.07 Å². The van der Waals surface area contributed by atoms with Crippen molar-refractivity contribution in [2.75, 3.05) is 36.0 Å². The van der Waals surface area contributed by atoms with Crippen LogP contribution in [0, 0.1) is 21.7 Å². The first-order valence-electron chi connectivity index (χ1n) is 11.2. The summed E-state index contributed by atoms with van der Waals surface area (Å²) in [6.07, 6.45) is 1.52. The lowest BCUT2D eigenvalue weighted by atomic mass is 10.1. The van der Waals surface area contributed by atoms with E-state index in [4.69, 9.17) is 0 Å². The lowest BCUT2D eigenvalue weighted by Crippen LogP contribution is -2.48. The summed E-state index contributed by atoms with van der Waals surface area (Å²) in [4.78, 5) is 45.1. The molecule has 0 aliphatic carbocycles. The van der Waals surface area contributed by atoms with Crippen LogP contribution in [0.25, 0.3) is 0 Å². The van der Waals surface area contributed by atoms with Gasteiger partial charge in [0.25, 0.3) is 11.6 Å². The maximum atomic E-state index is 14.7. The standard InChI is InChI=1S/C25H23F2N5O4/c1-17(33)29-10-12-30(13-11-29)23-7-5-18(14-24(23)32(35)36)25(34)31(16-20-4-2-3-9-28-20)22-8-6-19(26)15-21(22)27/h2-9,14-15H,10-13,16H2,1H3. The first-order valence-corrected chi connectivity index (χ1v) is 11.2. The van der Waals surface area contributed by atoms with Crippen LogP contribution in [-0.4, -0.2) is 52.8 Å². The molecule has 0 atom stereocenters. The summed E-state index contributed by atoms with van der Waals surface area (Å²) in [6.45, 7) is 2.99. The van der Waals surface area contributed by atoms with Gasteiger partial charge in [-0.25, -0.2) is 8.78 Å². The monoisotopic (exact) mass is 495 g/mol. The third kappa shape index (κ3) is 5.29. The quantitative estimate of drug-likeness (QED) is 0.381. The molecule has 1 aliphatic rings. The molecule has 0 radical (unpaired) electrons. The van der Waals surface area contributed by atoms with Crippen LogP contribution in [0.4, 0.5) is 25.8 Å². The number of hydrogen-bond acceptors (Lipinski definition) is 6. The zero-order valence-electron chi connectivity index (χ0n) is 19.4. The van der Waals surface area contributed by atoms with Crippen LogP contribution in [0.15, 0.2) is 60.8 Å². The predicted molar refractivity (Wildman–Crippen MR) is 129 cm³/mol. The molecule has 0 unspecified atom stereocenters. The van der Waals surface area contributed by atoms with Crippen molar-refractivity contribution in [1.29, 1.82) is 0 Å². The third-order valence-electron chi connectivity index (χ3n) is 5.98. The Morgan fingerprint density at radius 1 is 1.06 bits per heavy atom. The normalized spacial score (nSPS) is 13.4. The smallest absolute Gasteiger partial charge is 0.293 e. The number of anilines is 2. The van der Waals surface area contributed by atoms with Crippen molar-refractivity contribution in [3.8, 4) is 0 Å². The highest BCUT2D eigenvalue weighted by atomic mass is 19.1. The summed E-state index contributed by atoms with van der Waals surface area (Å²) in [5, 5.41) is 11.9. The number of nitro benzene ring substituents is 1. The fraction of sp³-hybridized carbons (Fsp3) is 0.240. The number of carbonyl (C=O) groups is 2. The van der Waals surface area contributed by atoms with E-state index in [1.807, 2.05) is 0 Å². The number of carbonyl (C=O) groups excluding carboxylic acids is 2. The molecular weight excluding hydrogens is 472 g/mol. The summed E-state index contributed by atoms with van der Waals surface area (Å²) < 4.78 is 28.2. The van der Waals surface area contributed by atoms with Crippen molar-refractivity contribution in [3.05, 3.63) is 93.8 Å². The van der Waals surface area contributed by atoms with Gasteiger partial charge in [0.1, 0.15) is 17.3 Å². The molecule has 0 N–H and O–H groups in total. The fourth-order valence-corrected chi connectivity index (χ4v) is 4.11. The molecule has 1 fully saturated rings. The number of nitro groups is 1. The summed E-state index contributed by atoms with van der Waals surface area (Å²) in [7, 11) is 0. The Hall–Kier alpha value is -4.41. The minimum Gasteiger partial charge on any atom is -0.362 e. The molecule has 2 heterocycles. The highest BCUT2D eigenvalue weighted by Crippen LogP contribution is 2.32. The zero-order chi connectivity index (χ0) is 25.8. The van der Waals surface area contributed by atoms with Gasteiger partial charge < -0.3 is 9.80 Å². The summed E-state index contributed by atoms with van der Waals surface area (Å²) in [5.74, 6) is -2.52. The summed E-state index contributed by atoms with van der Waals surface area (Å²) in [5.41, 5.74) is 0.272. The Morgan fingerprint density at radius 2 is 1.81 bits per heavy atom. The molecule has 2 aromatic carbocycles. The van der Waals surface area contributed by atoms with Crippen molar-refractivity contribution in [2.24, 2.45) is 0 Å². The average Bonchev–Trinajstić information content (AvgIpc) is 2.87. The van der Waals surface area contributed by atoms with E-state index >= 15 is 0 Å². The van der Waals surface area contributed by atoms with Crippen LogP contribution >= 0.6 is 0 Å². The summed E-state index contributed by atoms with van der Waals surface area (Å²) in [6, 6.07) is 12.0. The Labute approximate surface area is 205 Å². The lowest BCUT2D eigenvalue weighted by molar-refractivity contribution is -0.384. The van der Waals surface area contributed by atoms with Crippen molar-refractivity contribution in [1.82, 2.24) is 9.88 Å². The van der Waals surface area contributed by atoms with Crippen LogP contribution in [-0.2, 0) is 11.3 Å². The van der Waals surface area contributed by atoms with Gasteiger partial charge in [0.15, 0.2) is 0 Å². The van der Waals surface area contributed by atoms with Crippen molar-refractivity contribution >= 4 is 28.9 Å². The maximum absolute atomic E-state index is 14.7. The van der Waals surface area contributed by atoms with Crippen LogP contribution in [0.1, 0.15) is 23.0 Å². The van der Waals surface area contributed by atoms with E-state index in [1.165, 1.54) is 25.3 Å². The number of aromatic nitrogens is 1. The van der Waals surface area contributed by atoms with Crippen LogP contribution < -0.4 is 9.80 Å². The van der Waals surface area contributed by atoms with Gasteiger partial charge in [0, 0.05) is 57.0 Å². The van der Waals surface area contributed by atoms with E-state index in [1.54, 1.807) is 28.0 Å². The van der Waals surface area contributed by atoms with Crippen molar-refractivity contribution < 1.29 is 23.3 Å². The highest BCUT2D eigenvalue weighted by Gasteiger charge is 2.28. The topological polar surface area (TPSA) is 99.9 Å². The van der Waals surface area contributed by atoms with Gasteiger partial charge in [-0.3, -0.25) is 29.6 Å². The first kappa shape index (κ1) is 24.7. The van der Waals surface area contributed by atoms with Crippen LogP contribution in [0.5, 0.6) is 0 Å². The number of rotatable bonds is 6. The average molecular weight is 495 g/mol. The maximum Gasteiger partial charge on any atom is 0.293 e.